The molecule has 0 bridgehead atoms. The number of rotatable bonds is 5. The lowest BCUT2D eigenvalue weighted by Gasteiger charge is -2.08. The van der Waals surface area contributed by atoms with Gasteiger partial charge in [0.15, 0.2) is 9.84 Å². The summed E-state index contributed by atoms with van der Waals surface area (Å²) in [5.74, 6) is -3.56. The highest BCUT2D eigenvalue weighted by molar-refractivity contribution is 7.92. The van der Waals surface area contributed by atoms with Crippen molar-refractivity contribution < 1.29 is 32.6 Å². The van der Waals surface area contributed by atoms with Crippen LogP contribution in [-0.4, -0.2) is 44.3 Å². The van der Waals surface area contributed by atoms with Crippen molar-refractivity contribution in [2.75, 3.05) is 12.9 Å². The summed E-state index contributed by atoms with van der Waals surface area (Å²) in [6.07, 6.45) is 0. The minimum atomic E-state index is -4.12. The van der Waals surface area contributed by atoms with Gasteiger partial charge in [0, 0.05) is 0 Å². The third-order valence-electron chi connectivity index (χ3n) is 2.34. The highest BCUT2D eigenvalue weighted by Gasteiger charge is 2.23. The molecule has 9 nitrogen and oxygen atoms in total. The molecule has 1 aromatic rings. The van der Waals surface area contributed by atoms with Crippen molar-refractivity contribution >= 4 is 27.7 Å². The molecule has 3 amide bonds. The fourth-order valence-electron chi connectivity index (χ4n) is 1.48. The summed E-state index contributed by atoms with van der Waals surface area (Å²) in [4.78, 5) is 32.3. The number of carbonyl (C=O) groups excluding carboxylic acids is 2. The predicted octanol–water partition coefficient (Wildman–Crippen LogP) is -0.638. The normalized spacial score (nSPS) is 10.7. The van der Waals surface area contributed by atoms with Gasteiger partial charge in [-0.15, -0.1) is 0 Å². The summed E-state index contributed by atoms with van der Waals surface area (Å²) in [5, 5.41) is 10.6. The van der Waals surface area contributed by atoms with E-state index < -0.39 is 33.5 Å². The number of sulfone groups is 1. The molecule has 10 heteroatoms. The number of amides is 3. The minimum Gasteiger partial charge on any atom is -0.496 e. The number of carboxylic acid groups (broad SMARTS) is 1. The van der Waals surface area contributed by atoms with Crippen LogP contribution in [0, 0.1) is 0 Å². The monoisotopic (exact) mass is 316 g/mol. The average Bonchev–Trinajstić information content (AvgIpc) is 2.35. The molecule has 21 heavy (non-hydrogen) atoms. The fourth-order valence-corrected chi connectivity index (χ4v) is 2.63. The van der Waals surface area contributed by atoms with E-state index in [9.17, 15) is 22.8 Å². The van der Waals surface area contributed by atoms with Gasteiger partial charge in [-0.3, -0.25) is 10.1 Å². The zero-order valence-electron chi connectivity index (χ0n) is 10.8. The molecule has 0 spiro atoms. The number of aromatic carboxylic acids is 1. The van der Waals surface area contributed by atoms with Gasteiger partial charge in [0.25, 0.3) is 0 Å². The largest absolute Gasteiger partial charge is 0.496 e. The second-order valence-electron chi connectivity index (χ2n) is 3.84. The number of carbonyl (C=O) groups is 3. The number of ether oxygens (including phenoxy) is 1. The number of hydrogen-bond acceptors (Lipinski definition) is 6. The fraction of sp³-hybridized carbons (Fsp3) is 0.182. The van der Waals surface area contributed by atoms with Crippen molar-refractivity contribution in [3.63, 3.8) is 0 Å². The van der Waals surface area contributed by atoms with Crippen LogP contribution in [-0.2, 0) is 14.6 Å². The lowest BCUT2D eigenvalue weighted by atomic mass is 10.2. The van der Waals surface area contributed by atoms with Crippen molar-refractivity contribution in [2.24, 2.45) is 5.73 Å². The highest BCUT2D eigenvalue weighted by Crippen LogP contribution is 2.23. The second kappa shape index (κ2) is 6.22. The molecule has 0 atom stereocenters. The number of carboxylic acids is 1. The van der Waals surface area contributed by atoms with E-state index in [0.717, 1.165) is 18.2 Å². The van der Waals surface area contributed by atoms with Crippen LogP contribution in [0.3, 0.4) is 0 Å². The van der Waals surface area contributed by atoms with Gasteiger partial charge in [0.1, 0.15) is 17.1 Å². The SMILES string of the molecule is COc1ccc(S(=O)(=O)CC(=O)NC(N)=O)cc1C(=O)O. The number of methoxy groups -OCH3 is 1. The number of nitrogens with two attached hydrogens (primary N) is 1. The van der Waals surface area contributed by atoms with E-state index in [-0.39, 0.29) is 16.2 Å². The van der Waals surface area contributed by atoms with E-state index in [0.29, 0.717) is 0 Å². The average molecular weight is 316 g/mol. The lowest BCUT2D eigenvalue weighted by molar-refractivity contribution is -0.117. The maximum absolute atomic E-state index is 12.0. The summed E-state index contributed by atoms with van der Waals surface area (Å²) < 4.78 is 28.7. The zero-order valence-corrected chi connectivity index (χ0v) is 11.6. The Hall–Kier alpha value is -2.62. The molecule has 0 aliphatic carbocycles. The van der Waals surface area contributed by atoms with Crippen LogP contribution < -0.4 is 15.8 Å². The summed E-state index contributed by atoms with van der Waals surface area (Å²) in [6, 6.07) is 1.94. The second-order valence-corrected chi connectivity index (χ2v) is 5.83. The maximum atomic E-state index is 12.0. The first-order valence-corrected chi connectivity index (χ1v) is 7.06. The molecule has 0 aliphatic rings. The van der Waals surface area contributed by atoms with Gasteiger partial charge in [-0.1, -0.05) is 0 Å². The molecule has 1 rings (SSSR count). The number of primary amides is 1. The maximum Gasteiger partial charge on any atom is 0.339 e. The molecule has 0 heterocycles. The summed E-state index contributed by atoms with van der Waals surface area (Å²) in [6.45, 7) is 0. The van der Waals surface area contributed by atoms with Crippen LogP contribution in [0.5, 0.6) is 5.75 Å². The number of nitrogens with one attached hydrogen (secondary N) is 1. The lowest BCUT2D eigenvalue weighted by Crippen LogP contribution is -2.38. The summed E-state index contributed by atoms with van der Waals surface area (Å²) >= 11 is 0. The smallest absolute Gasteiger partial charge is 0.339 e. The molecule has 114 valence electrons. The van der Waals surface area contributed by atoms with Crippen LogP contribution in [0.15, 0.2) is 23.1 Å². The third kappa shape index (κ3) is 4.18. The Balaban J connectivity index is 3.15. The number of urea groups is 1. The van der Waals surface area contributed by atoms with Crippen molar-refractivity contribution in [3.05, 3.63) is 23.8 Å². The zero-order chi connectivity index (χ0) is 16.2. The third-order valence-corrected chi connectivity index (χ3v) is 3.96. The Labute approximate surface area is 119 Å². The Bertz CT molecular complexity index is 697. The first-order valence-electron chi connectivity index (χ1n) is 5.40. The Morgan fingerprint density at radius 1 is 1.33 bits per heavy atom. The highest BCUT2D eigenvalue weighted by atomic mass is 32.2. The number of hydrogen-bond donors (Lipinski definition) is 3. The Morgan fingerprint density at radius 2 is 1.95 bits per heavy atom. The number of imide groups is 1. The van der Waals surface area contributed by atoms with Gasteiger partial charge < -0.3 is 15.6 Å². The molecule has 0 saturated heterocycles. The molecule has 0 saturated carbocycles. The van der Waals surface area contributed by atoms with Crippen LogP contribution in [0.4, 0.5) is 4.79 Å². The van der Waals surface area contributed by atoms with E-state index in [1.165, 1.54) is 7.11 Å². The summed E-state index contributed by atoms with van der Waals surface area (Å²) in [7, 11) is -2.89. The minimum absolute atomic E-state index is 0.0250. The van der Waals surface area contributed by atoms with Crippen LogP contribution in [0.25, 0.3) is 0 Å². The molecule has 0 fully saturated rings. The van der Waals surface area contributed by atoms with Gasteiger partial charge in [0.05, 0.1) is 12.0 Å². The topological polar surface area (TPSA) is 153 Å². The molecule has 4 N–H and O–H groups in total. The van der Waals surface area contributed by atoms with Crippen molar-refractivity contribution in [3.8, 4) is 5.75 Å². The van der Waals surface area contributed by atoms with Crippen molar-refractivity contribution in [1.29, 1.82) is 0 Å². The van der Waals surface area contributed by atoms with E-state index in [1.807, 2.05) is 0 Å². The standard InChI is InChI=1S/C11H12N2O7S/c1-20-8-3-2-6(4-7(8)10(15)16)21(18,19)5-9(14)13-11(12)17/h2-4H,5H2,1H3,(H,15,16)(H3,12,13,14,17). The van der Waals surface area contributed by atoms with Crippen molar-refractivity contribution in [1.82, 2.24) is 5.32 Å². The Kier molecular flexibility index (Phi) is 4.87. The van der Waals surface area contributed by atoms with Gasteiger partial charge in [-0.2, -0.15) is 0 Å². The molecule has 1 aromatic carbocycles. The van der Waals surface area contributed by atoms with Gasteiger partial charge in [-0.25, -0.2) is 18.0 Å². The quantitative estimate of drug-likeness (QED) is 0.653. The van der Waals surface area contributed by atoms with Crippen molar-refractivity contribution in [2.45, 2.75) is 4.90 Å². The number of benzene rings is 1. The Morgan fingerprint density at radius 3 is 2.43 bits per heavy atom. The van der Waals surface area contributed by atoms with Crippen LogP contribution >= 0.6 is 0 Å². The first-order chi connectivity index (χ1) is 9.67. The van der Waals surface area contributed by atoms with Crippen LogP contribution in [0.1, 0.15) is 10.4 Å². The molecular weight excluding hydrogens is 304 g/mol. The van der Waals surface area contributed by atoms with E-state index >= 15 is 0 Å². The van der Waals surface area contributed by atoms with Gasteiger partial charge in [-0.05, 0) is 18.2 Å². The van der Waals surface area contributed by atoms with Gasteiger partial charge in [0.2, 0.25) is 5.91 Å². The summed E-state index contributed by atoms with van der Waals surface area (Å²) in [5.41, 5.74) is 4.33. The molecule has 0 radical (unpaired) electrons. The van der Waals surface area contributed by atoms with Crippen LogP contribution in [0.2, 0.25) is 0 Å². The molecule has 0 aliphatic heterocycles. The van der Waals surface area contributed by atoms with E-state index in [4.69, 9.17) is 15.6 Å². The molecule has 0 aromatic heterocycles. The van der Waals surface area contributed by atoms with E-state index in [2.05, 4.69) is 0 Å². The van der Waals surface area contributed by atoms with E-state index in [1.54, 1.807) is 5.32 Å². The first kappa shape index (κ1) is 16.4. The molecule has 0 unspecified atom stereocenters. The predicted molar refractivity (Wildman–Crippen MR) is 69.7 cm³/mol. The van der Waals surface area contributed by atoms with Gasteiger partial charge >= 0.3 is 12.0 Å². The molecular formula is C11H12N2O7S.